The third-order valence-electron chi connectivity index (χ3n) is 11.3. The Morgan fingerprint density at radius 2 is 1.21 bits per heavy atom. The van der Waals surface area contributed by atoms with Crippen LogP contribution in [-0.4, -0.2) is 4.57 Å². The first-order valence-corrected chi connectivity index (χ1v) is 18.2. The van der Waals surface area contributed by atoms with Crippen molar-refractivity contribution in [1.29, 1.82) is 0 Å². The van der Waals surface area contributed by atoms with E-state index in [4.69, 9.17) is 0 Å². The van der Waals surface area contributed by atoms with Crippen LogP contribution in [0.1, 0.15) is 30.5 Å². The number of fused-ring (bicyclic) bond motifs is 7. The molecule has 0 radical (unpaired) electrons. The predicted octanol–water partition coefficient (Wildman–Crippen LogP) is 13.7. The Bertz CT molecular complexity index is 2840. The SMILES string of the molecule is Cc1ccc2ccccc2c1-c1cccc(-n2c3ccccc3c3c(N(c4ccccc4)c4ccc5c(c4)C(C)(C)c4ccccc4-5)cccc32)c1. The summed E-state index contributed by atoms with van der Waals surface area (Å²) in [5, 5.41) is 5.00. The first-order chi connectivity index (χ1) is 25.5. The monoisotopic (exact) mass is 666 g/mol. The van der Waals surface area contributed by atoms with Crippen LogP contribution in [0.2, 0.25) is 0 Å². The van der Waals surface area contributed by atoms with E-state index in [9.17, 15) is 0 Å². The van der Waals surface area contributed by atoms with Crippen LogP contribution in [0.3, 0.4) is 0 Å². The molecule has 1 aromatic heterocycles. The van der Waals surface area contributed by atoms with Crippen molar-refractivity contribution in [2.24, 2.45) is 0 Å². The van der Waals surface area contributed by atoms with E-state index in [1.165, 1.54) is 71.5 Å². The molecule has 0 atom stereocenters. The number of nitrogens with zero attached hydrogens (tertiary/aromatic N) is 2. The molecule has 0 unspecified atom stereocenters. The molecule has 0 aliphatic heterocycles. The summed E-state index contributed by atoms with van der Waals surface area (Å²) in [5.74, 6) is 0. The van der Waals surface area contributed by atoms with Gasteiger partial charge in [0.15, 0.2) is 0 Å². The number of para-hydroxylation sites is 2. The van der Waals surface area contributed by atoms with E-state index in [0.29, 0.717) is 0 Å². The van der Waals surface area contributed by atoms with Gasteiger partial charge >= 0.3 is 0 Å². The predicted molar refractivity (Wildman–Crippen MR) is 221 cm³/mol. The molecule has 0 spiro atoms. The van der Waals surface area contributed by atoms with Crippen molar-refractivity contribution >= 4 is 49.6 Å². The van der Waals surface area contributed by atoms with Crippen LogP contribution < -0.4 is 4.90 Å². The lowest BCUT2D eigenvalue weighted by Crippen LogP contribution is -2.16. The van der Waals surface area contributed by atoms with E-state index in [0.717, 1.165) is 22.7 Å². The van der Waals surface area contributed by atoms with E-state index in [2.05, 4.69) is 206 Å². The summed E-state index contributed by atoms with van der Waals surface area (Å²) in [7, 11) is 0. The second-order valence-corrected chi connectivity index (χ2v) is 14.6. The summed E-state index contributed by atoms with van der Waals surface area (Å²) in [5.41, 5.74) is 16.1. The number of hydrogen-bond acceptors (Lipinski definition) is 1. The summed E-state index contributed by atoms with van der Waals surface area (Å²) in [6.07, 6.45) is 0. The van der Waals surface area contributed by atoms with Crippen LogP contribution in [0.4, 0.5) is 17.1 Å². The highest BCUT2D eigenvalue weighted by Gasteiger charge is 2.36. The number of aromatic nitrogens is 1. The highest BCUT2D eigenvalue weighted by Crippen LogP contribution is 2.51. The quantitative estimate of drug-likeness (QED) is 0.177. The Balaban J connectivity index is 1.21. The second-order valence-electron chi connectivity index (χ2n) is 14.6. The molecule has 248 valence electrons. The van der Waals surface area contributed by atoms with Crippen molar-refractivity contribution in [3.63, 3.8) is 0 Å². The molecule has 52 heavy (non-hydrogen) atoms. The lowest BCUT2D eigenvalue weighted by Gasteiger charge is -2.28. The molecule has 0 saturated heterocycles. The van der Waals surface area contributed by atoms with Gasteiger partial charge in [-0.1, -0.05) is 135 Å². The normalized spacial score (nSPS) is 13.1. The van der Waals surface area contributed by atoms with Crippen molar-refractivity contribution < 1.29 is 0 Å². The summed E-state index contributed by atoms with van der Waals surface area (Å²) >= 11 is 0. The third-order valence-corrected chi connectivity index (χ3v) is 11.3. The molecule has 1 heterocycles. The maximum atomic E-state index is 2.45. The first-order valence-electron chi connectivity index (χ1n) is 18.2. The molecule has 0 saturated carbocycles. The van der Waals surface area contributed by atoms with Crippen LogP contribution in [0.5, 0.6) is 0 Å². The van der Waals surface area contributed by atoms with Crippen LogP contribution >= 0.6 is 0 Å². The number of aryl methyl sites for hydroxylation is 1. The highest BCUT2D eigenvalue weighted by atomic mass is 15.1. The second kappa shape index (κ2) is 11.6. The lowest BCUT2D eigenvalue weighted by atomic mass is 9.82. The zero-order valence-electron chi connectivity index (χ0n) is 29.6. The number of benzene rings is 8. The zero-order valence-corrected chi connectivity index (χ0v) is 29.6. The molecule has 0 bridgehead atoms. The van der Waals surface area contributed by atoms with E-state index in [1.807, 2.05) is 0 Å². The molecule has 0 amide bonds. The molecule has 0 N–H and O–H groups in total. The van der Waals surface area contributed by atoms with Crippen LogP contribution in [0, 0.1) is 6.92 Å². The van der Waals surface area contributed by atoms with E-state index in [-0.39, 0.29) is 5.41 Å². The van der Waals surface area contributed by atoms with Gasteiger partial charge in [-0.15, -0.1) is 0 Å². The minimum Gasteiger partial charge on any atom is -0.310 e. The van der Waals surface area contributed by atoms with Gasteiger partial charge in [-0.2, -0.15) is 0 Å². The smallest absolute Gasteiger partial charge is 0.0562 e. The van der Waals surface area contributed by atoms with Gasteiger partial charge < -0.3 is 9.47 Å². The Kier molecular flexibility index (Phi) is 6.78. The van der Waals surface area contributed by atoms with E-state index < -0.39 is 0 Å². The summed E-state index contributed by atoms with van der Waals surface area (Å²) in [6.45, 7) is 6.94. The molecular weight excluding hydrogens is 629 g/mol. The number of anilines is 3. The van der Waals surface area contributed by atoms with Gasteiger partial charge in [-0.25, -0.2) is 0 Å². The van der Waals surface area contributed by atoms with Gasteiger partial charge in [-0.05, 0) is 111 Å². The lowest BCUT2D eigenvalue weighted by molar-refractivity contribution is 0.660. The van der Waals surface area contributed by atoms with Gasteiger partial charge in [0.05, 0.1) is 16.7 Å². The maximum Gasteiger partial charge on any atom is 0.0562 e. The Hall–Kier alpha value is -6.38. The zero-order chi connectivity index (χ0) is 35.0. The third kappa shape index (κ3) is 4.50. The number of rotatable bonds is 5. The molecule has 10 rings (SSSR count). The largest absolute Gasteiger partial charge is 0.310 e. The average molecular weight is 667 g/mol. The van der Waals surface area contributed by atoms with Crippen molar-refractivity contribution in [2.75, 3.05) is 4.90 Å². The first kappa shape index (κ1) is 30.4. The van der Waals surface area contributed by atoms with Gasteiger partial charge in [-0.3, -0.25) is 0 Å². The van der Waals surface area contributed by atoms with Crippen molar-refractivity contribution in [1.82, 2.24) is 4.57 Å². The van der Waals surface area contributed by atoms with Gasteiger partial charge in [0.1, 0.15) is 0 Å². The van der Waals surface area contributed by atoms with Crippen LogP contribution in [0.25, 0.3) is 60.5 Å². The van der Waals surface area contributed by atoms with E-state index in [1.54, 1.807) is 0 Å². The summed E-state index contributed by atoms with van der Waals surface area (Å²) in [6, 6.07) is 64.7. The molecule has 2 heteroatoms. The Morgan fingerprint density at radius 3 is 2.10 bits per heavy atom. The summed E-state index contributed by atoms with van der Waals surface area (Å²) < 4.78 is 2.45. The highest BCUT2D eigenvalue weighted by molar-refractivity contribution is 6.16. The molecule has 8 aromatic carbocycles. The topological polar surface area (TPSA) is 8.17 Å². The van der Waals surface area contributed by atoms with Crippen LogP contribution in [-0.2, 0) is 5.41 Å². The van der Waals surface area contributed by atoms with Crippen molar-refractivity contribution in [3.05, 3.63) is 193 Å². The molecular formula is C50H38N2. The fourth-order valence-corrected chi connectivity index (χ4v) is 8.86. The standard InChI is InChI=1S/C50H38N2/c1-33-27-28-34-15-7-8-20-39(34)48(33)35-16-13-19-37(31-35)52-45-24-12-10-22-42(45)49-46(25-14-26-47(49)52)51(36-17-5-4-6-18-36)38-29-30-41-40-21-9-11-23-43(40)50(2,3)44(41)32-38/h4-32H,1-3H3. The van der Waals surface area contributed by atoms with E-state index >= 15 is 0 Å². The average Bonchev–Trinajstić information content (AvgIpc) is 3.64. The molecule has 9 aromatic rings. The minimum absolute atomic E-state index is 0.0974. The van der Waals surface area contributed by atoms with Gasteiger partial charge in [0, 0.05) is 33.2 Å². The molecule has 2 nitrogen and oxygen atoms in total. The molecule has 1 aliphatic rings. The van der Waals surface area contributed by atoms with Crippen molar-refractivity contribution in [3.8, 4) is 27.9 Å². The Labute approximate surface area is 304 Å². The van der Waals surface area contributed by atoms with Gasteiger partial charge in [0.2, 0.25) is 0 Å². The van der Waals surface area contributed by atoms with Crippen molar-refractivity contribution in [2.45, 2.75) is 26.2 Å². The minimum atomic E-state index is -0.0974. The number of hydrogen-bond donors (Lipinski definition) is 0. The molecule has 0 fully saturated rings. The van der Waals surface area contributed by atoms with Gasteiger partial charge in [0.25, 0.3) is 0 Å². The van der Waals surface area contributed by atoms with Crippen LogP contribution in [0.15, 0.2) is 176 Å². The fourth-order valence-electron chi connectivity index (χ4n) is 8.86. The summed E-state index contributed by atoms with van der Waals surface area (Å²) in [4.78, 5) is 2.45. The Morgan fingerprint density at radius 1 is 0.500 bits per heavy atom. The fraction of sp³-hybridized carbons (Fsp3) is 0.0800. The molecule has 1 aliphatic carbocycles. The maximum absolute atomic E-state index is 2.45.